The fraction of sp³-hybridized carbons (Fsp3) is 0.316. The van der Waals surface area contributed by atoms with E-state index in [0.29, 0.717) is 76.1 Å². The summed E-state index contributed by atoms with van der Waals surface area (Å²) in [5.41, 5.74) is 2.83. The van der Waals surface area contributed by atoms with Crippen LogP contribution in [0.3, 0.4) is 0 Å². The van der Waals surface area contributed by atoms with Crippen LogP contribution >= 0.6 is 11.6 Å². The molecule has 0 bridgehead atoms. The van der Waals surface area contributed by atoms with Gasteiger partial charge < -0.3 is 30.2 Å². The fourth-order valence-corrected chi connectivity index (χ4v) is 5.66. The highest BCUT2D eigenvalue weighted by atomic mass is 35.5. The lowest BCUT2D eigenvalue weighted by molar-refractivity contribution is -0.118. The molecule has 12 heteroatoms. The summed E-state index contributed by atoms with van der Waals surface area (Å²) in [5, 5.41) is 20.1. The van der Waals surface area contributed by atoms with Gasteiger partial charge in [-0.1, -0.05) is 36.2 Å². The lowest BCUT2D eigenvalue weighted by Gasteiger charge is -2.18. The molecule has 1 saturated heterocycles. The Morgan fingerprint density at radius 3 is 2.78 bits per heavy atom. The standard InChI is InChI=1S/C38H39ClFN5O5/c1-42-15-4-2-3-9-29(46)10-6-11-37(47)45-34-19-31-33(20-36(34)50-30-14-16-48-24-30)43-22-26(21-41)38(31)44-28-12-13-35(32(39)18-28)49-23-25-7-5-8-27(40)17-25/h5-8,11-13,17-20,22,30,42H,2-4,9-10,14-16,23-24H2,1H3,(H,43,44)(H,45,47)/b11-6+/t30-/m0/s1. The number of ketones is 1. The maximum absolute atomic E-state index is 13.6. The van der Waals surface area contributed by atoms with Gasteiger partial charge in [-0.05, 0) is 74.5 Å². The number of allylic oxidation sites excluding steroid dienone is 1. The van der Waals surface area contributed by atoms with E-state index in [4.69, 9.17) is 25.8 Å². The maximum atomic E-state index is 13.6. The third kappa shape index (κ3) is 10.2. The van der Waals surface area contributed by atoms with Gasteiger partial charge in [-0.3, -0.25) is 14.6 Å². The predicted molar refractivity (Wildman–Crippen MR) is 192 cm³/mol. The van der Waals surface area contributed by atoms with Crippen molar-refractivity contribution in [1.82, 2.24) is 10.3 Å². The summed E-state index contributed by atoms with van der Waals surface area (Å²) >= 11 is 6.55. The Kier molecular flexibility index (Phi) is 13.1. The van der Waals surface area contributed by atoms with Crippen LogP contribution in [-0.2, 0) is 20.9 Å². The van der Waals surface area contributed by atoms with Crippen molar-refractivity contribution in [3.63, 3.8) is 0 Å². The summed E-state index contributed by atoms with van der Waals surface area (Å²) in [6.45, 7) is 2.04. The summed E-state index contributed by atoms with van der Waals surface area (Å²) in [6, 6.07) is 16.8. The molecule has 3 aromatic carbocycles. The predicted octanol–water partition coefficient (Wildman–Crippen LogP) is 7.62. The first-order chi connectivity index (χ1) is 24.3. The van der Waals surface area contributed by atoms with Crippen molar-refractivity contribution in [3.05, 3.63) is 94.9 Å². The molecule has 2 heterocycles. The molecule has 0 aliphatic carbocycles. The third-order valence-electron chi connectivity index (χ3n) is 8.01. The highest BCUT2D eigenvalue weighted by molar-refractivity contribution is 6.32. The van der Waals surface area contributed by atoms with Gasteiger partial charge in [-0.25, -0.2) is 4.39 Å². The number of hydrogen-bond acceptors (Lipinski definition) is 9. The average molecular weight is 700 g/mol. The summed E-state index contributed by atoms with van der Waals surface area (Å²) in [5.74, 6) is 0.0976. The normalized spacial score (nSPS) is 14.1. The molecule has 0 saturated carbocycles. The van der Waals surface area contributed by atoms with Crippen LogP contribution in [0, 0.1) is 17.1 Å². The zero-order chi connectivity index (χ0) is 35.3. The van der Waals surface area contributed by atoms with Gasteiger partial charge >= 0.3 is 0 Å². The van der Waals surface area contributed by atoms with E-state index >= 15 is 0 Å². The van der Waals surface area contributed by atoms with Crippen LogP contribution in [-0.4, -0.2) is 49.6 Å². The molecule has 0 spiro atoms. The number of nitrogens with one attached hydrogen (secondary N) is 3. The Morgan fingerprint density at radius 2 is 2.02 bits per heavy atom. The first kappa shape index (κ1) is 36.3. The molecular formula is C38H39ClFN5O5. The van der Waals surface area contributed by atoms with Crippen LogP contribution in [0.15, 0.2) is 72.9 Å². The Hall–Kier alpha value is -5.02. The van der Waals surface area contributed by atoms with Crippen LogP contribution in [0.2, 0.25) is 5.02 Å². The molecule has 1 atom stereocenters. The van der Waals surface area contributed by atoms with Crippen LogP contribution in [0.5, 0.6) is 11.5 Å². The van der Waals surface area contributed by atoms with Crippen LogP contribution in [0.4, 0.5) is 21.5 Å². The minimum Gasteiger partial charge on any atom is -0.487 e. The molecule has 260 valence electrons. The number of carbonyl (C=O) groups is 2. The van der Waals surface area contributed by atoms with Gasteiger partial charge in [0.15, 0.2) is 0 Å². The van der Waals surface area contributed by atoms with Gasteiger partial charge in [0.25, 0.3) is 0 Å². The molecule has 3 N–H and O–H groups in total. The molecule has 0 radical (unpaired) electrons. The molecule has 1 aliphatic rings. The number of aromatic nitrogens is 1. The van der Waals surface area contributed by atoms with Crippen molar-refractivity contribution < 1.29 is 28.2 Å². The third-order valence-corrected chi connectivity index (χ3v) is 8.31. The van der Waals surface area contributed by atoms with Gasteiger partial charge in [0.2, 0.25) is 5.91 Å². The molecular weight excluding hydrogens is 661 g/mol. The lowest BCUT2D eigenvalue weighted by atomic mass is 10.1. The number of hydrogen-bond donors (Lipinski definition) is 3. The van der Waals surface area contributed by atoms with E-state index in [9.17, 15) is 19.2 Å². The molecule has 0 unspecified atom stereocenters. The lowest BCUT2D eigenvalue weighted by Crippen LogP contribution is -2.18. The maximum Gasteiger partial charge on any atom is 0.248 e. The zero-order valence-electron chi connectivity index (χ0n) is 27.8. The number of nitrogens with zero attached hydrogens (tertiary/aromatic N) is 2. The number of rotatable bonds is 17. The number of ether oxygens (including phenoxy) is 3. The molecule has 1 amide bonds. The Balaban J connectivity index is 1.35. The highest BCUT2D eigenvalue weighted by Gasteiger charge is 2.21. The largest absolute Gasteiger partial charge is 0.487 e. The second-order valence-electron chi connectivity index (χ2n) is 11.9. The van der Waals surface area contributed by atoms with Crippen molar-refractivity contribution in [3.8, 4) is 17.6 Å². The fourth-order valence-electron chi connectivity index (χ4n) is 5.42. The van der Waals surface area contributed by atoms with Crippen LogP contribution < -0.4 is 25.4 Å². The van der Waals surface area contributed by atoms with Crippen LogP contribution in [0.25, 0.3) is 10.9 Å². The molecule has 4 aromatic rings. The summed E-state index contributed by atoms with van der Waals surface area (Å²) < 4.78 is 31.1. The second kappa shape index (κ2) is 18.1. The number of Topliss-reactive ketones (excluding diaryl/α,β-unsaturated/α-hetero) is 1. The summed E-state index contributed by atoms with van der Waals surface area (Å²) in [7, 11) is 1.90. The number of benzene rings is 3. The first-order valence-electron chi connectivity index (χ1n) is 16.5. The molecule has 5 rings (SSSR count). The van der Waals surface area contributed by atoms with Gasteiger partial charge in [0, 0.05) is 42.6 Å². The molecule has 1 fully saturated rings. The average Bonchev–Trinajstić information content (AvgIpc) is 3.61. The minimum atomic E-state index is -0.432. The topological polar surface area (TPSA) is 135 Å². The van der Waals surface area contributed by atoms with E-state index in [1.807, 2.05) is 7.05 Å². The number of carbonyl (C=O) groups excluding carboxylic acids is 2. The number of nitriles is 1. The van der Waals surface area contributed by atoms with E-state index < -0.39 is 5.91 Å². The number of halogens is 2. The van der Waals surface area contributed by atoms with Crippen molar-refractivity contribution in [2.45, 2.75) is 51.2 Å². The quantitative estimate of drug-likeness (QED) is 0.0751. The van der Waals surface area contributed by atoms with Gasteiger partial charge in [0.1, 0.15) is 41.9 Å². The molecule has 1 aromatic heterocycles. The molecule has 10 nitrogen and oxygen atoms in total. The van der Waals surface area contributed by atoms with Crippen molar-refractivity contribution in [2.75, 3.05) is 37.4 Å². The number of unbranched alkanes of at least 4 members (excludes halogenated alkanes) is 2. The highest BCUT2D eigenvalue weighted by Crippen LogP contribution is 2.38. The minimum absolute atomic E-state index is 0.0755. The smallest absolute Gasteiger partial charge is 0.248 e. The SMILES string of the molecule is CNCCCCCC(=O)C/C=C/C(=O)Nc1cc2c(Nc3ccc(OCc4cccc(F)c4)c(Cl)c3)c(C#N)cnc2cc1O[C@H]1CCOC1. The number of fused-ring (bicyclic) bond motifs is 1. The van der Waals surface area contributed by atoms with Crippen molar-refractivity contribution in [2.24, 2.45) is 0 Å². The van der Waals surface area contributed by atoms with Gasteiger partial charge in [0.05, 0.1) is 40.7 Å². The van der Waals surface area contributed by atoms with E-state index in [0.717, 1.165) is 25.8 Å². The first-order valence-corrected chi connectivity index (χ1v) is 16.9. The van der Waals surface area contributed by atoms with Gasteiger partial charge in [-0.15, -0.1) is 0 Å². The molecule has 50 heavy (non-hydrogen) atoms. The van der Waals surface area contributed by atoms with E-state index in [1.165, 1.54) is 24.4 Å². The van der Waals surface area contributed by atoms with Gasteiger partial charge in [-0.2, -0.15) is 5.26 Å². The second-order valence-corrected chi connectivity index (χ2v) is 12.3. The Labute approximate surface area is 295 Å². The number of pyridine rings is 1. The number of amides is 1. The van der Waals surface area contributed by atoms with Crippen molar-refractivity contribution >= 4 is 51.3 Å². The Bertz CT molecular complexity index is 1890. The monoisotopic (exact) mass is 699 g/mol. The molecule has 1 aliphatic heterocycles. The van der Waals surface area contributed by atoms with E-state index in [1.54, 1.807) is 48.5 Å². The summed E-state index contributed by atoms with van der Waals surface area (Å²) in [4.78, 5) is 29.9. The number of anilines is 3. The van der Waals surface area contributed by atoms with E-state index in [-0.39, 0.29) is 36.3 Å². The van der Waals surface area contributed by atoms with Crippen LogP contribution in [0.1, 0.15) is 49.7 Å². The Morgan fingerprint density at radius 1 is 1.14 bits per heavy atom. The summed E-state index contributed by atoms with van der Waals surface area (Å²) in [6.07, 6.45) is 8.30. The van der Waals surface area contributed by atoms with Crippen molar-refractivity contribution in [1.29, 1.82) is 5.26 Å². The zero-order valence-corrected chi connectivity index (χ0v) is 28.5. The van der Waals surface area contributed by atoms with E-state index in [2.05, 4.69) is 27.0 Å².